The Hall–Kier alpha value is -0.880. The molecule has 0 saturated carbocycles. The van der Waals surface area contributed by atoms with Crippen LogP contribution in [0.3, 0.4) is 0 Å². The lowest BCUT2D eigenvalue weighted by Gasteiger charge is -2.02. The van der Waals surface area contributed by atoms with Gasteiger partial charge in [-0.2, -0.15) is 8.42 Å². The quantitative estimate of drug-likeness (QED) is 0.351. The zero-order chi connectivity index (χ0) is 10.3. The van der Waals surface area contributed by atoms with E-state index < -0.39 is 16.1 Å². The molecule has 0 aliphatic heterocycles. The topological polar surface area (TPSA) is 69.7 Å². The lowest BCUT2D eigenvalue weighted by Crippen LogP contribution is -2.16. The van der Waals surface area contributed by atoms with E-state index in [1.54, 1.807) is 6.92 Å². The Kier molecular flexibility index (Phi) is 5.33. The Morgan fingerprint density at radius 1 is 1.54 bits per heavy atom. The van der Waals surface area contributed by atoms with Crippen LogP contribution in [-0.2, 0) is 23.8 Å². The van der Waals surface area contributed by atoms with Crippen LogP contribution >= 0.6 is 0 Å². The fourth-order valence-electron chi connectivity index (χ4n) is 0.542. The number of carbonyl (C=O) groups is 1. The third kappa shape index (κ3) is 6.30. The summed E-state index contributed by atoms with van der Waals surface area (Å²) in [6.45, 7) is 4.59. The molecule has 0 fully saturated rings. The van der Waals surface area contributed by atoms with Crippen molar-refractivity contribution in [1.82, 2.24) is 0 Å². The molecule has 0 bridgehead atoms. The maximum atomic E-state index is 10.9. The van der Waals surface area contributed by atoms with Gasteiger partial charge in [0.25, 0.3) is 10.1 Å². The largest absolute Gasteiger partial charge is 0.461 e. The Balaban J connectivity index is 3.76. The summed E-state index contributed by atoms with van der Waals surface area (Å²) in [5.41, 5.74) is 0. The second-order valence-electron chi connectivity index (χ2n) is 2.04. The molecule has 0 aromatic carbocycles. The Morgan fingerprint density at radius 2 is 2.15 bits per heavy atom. The lowest BCUT2D eigenvalue weighted by atomic mass is 10.6. The van der Waals surface area contributed by atoms with Gasteiger partial charge in [-0.15, -0.1) is 0 Å². The van der Waals surface area contributed by atoms with Crippen molar-refractivity contribution >= 4 is 16.1 Å². The van der Waals surface area contributed by atoms with Crippen LogP contribution in [0.1, 0.15) is 6.92 Å². The van der Waals surface area contributed by atoms with Crippen LogP contribution < -0.4 is 0 Å². The molecule has 5 nitrogen and oxygen atoms in total. The molecule has 0 aromatic heterocycles. The van der Waals surface area contributed by atoms with Gasteiger partial charge in [0.1, 0.15) is 12.4 Å². The summed E-state index contributed by atoms with van der Waals surface area (Å²) in [5, 5.41) is 0. The summed E-state index contributed by atoms with van der Waals surface area (Å²) in [4.78, 5) is 10.5. The number of hydrogen-bond acceptors (Lipinski definition) is 5. The second kappa shape index (κ2) is 5.71. The molecule has 0 rings (SSSR count). The second-order valence-corrected chi connectivity index (χ2v) is 3.80. The van der Waals surface area contributed by atoms with E-state index in [2.05, 4.69) is 15.5 Å². The molecule has 0 amide bonds. The third-order valence-electron chi connectivity index (χ3n) is 1.04. The van der Waals surface area contributed by atoms with Gasteiger partial charge in [-0.25, -0.2) is 4.79 Å². The molecule has 0 aromatic rings. The van der Waals surface area contributed by atoms with Crippen LogP contribution in [0, 0.1) is 0 Å². The fourth-order valence-corrected chi connectivity index (χ4v) is 1.31. The van der Waals surface area contributed by atoms with E-state index in [9.17, 15) is 13.2 Å². The van der Waals surface area contributed by atoms with Gasteiger partial charge < -0.3 is 4.74 Å². The first-order valence-corrected chi connectivity index (χ1v) is 5.26. The van der Waals surface area contributed by atoms with Crippen LogP contribution in [-0.4, -0.2) is 33.4 Å². The van der Waals surface area contributed by atoms with Gasteiger partial charge in [0, 0.05) is 6.08 Å². The monoisotopic (exact) mass is 208 g/mol. The predicted octanol–water partition coefficient (Wildman–Crippen LogP) is 0.0819. The minimum Gasteiger partial charge on any atom is -0.461 e. The van der Waals surface area contributed by atoms with Crippen molar-refractivity contribution in [2.75, 3.05) is 19.0 Å². The van der Waals surface area contributed by atoms with Crippen LogP contribution in [0.5, 0.6) is 0 Å². The number of hydrogen-bond donors (Lipinski definition) is 0. The first-order chi connectivity index (χ1) is 6.02. The van der Waals surface area contributed by atoms with E-state index >= 15 is 0 Å². The maximum Gasteiger partial charge on any atom is 0.330 e. The Morgan fingerprint density at radius 3 is 2.62 bits per heavy atom. The molecule has 0 radical (unpaired) electrons. The Labute approximate surface area is 77.5 Å². The van der Waals surface area contributed by atoms with Gasteiger partial charge in [0.2, 0.25) is 0 Å². The zero-order valence-corrected chi connectivity index (χ0v) is 8.17. The average Bonchev–Trinajstić information content (AvgIpc) is 2.03. The molecule has 0 atom stereocenters. The van der Waals surface area contributed by atoms with E-state index in [0.29, 0.717) is 0 Å². The summed E-state index contributed by atoms with van der Waals surface area (Å²) in [5.74, 6) is -0.979. The predicted molar refractivity (Wildman–Crippen MR) is 46.6 cm³/mol. The minimum atomic E-state index is -3.55. The summed E-state index contributed by atoms with van der Waals surface area (Å²) in [6, 6.07) is 0. The van der Waals surface area contributed by atoms with Crippen molar-refractivity contribution in [2.24, 2.45) is 0 Å². The minimum absolute atomic E-state index is 0.0811. The molecular formula is C7H12O5S. The zero-order valence-electron chi connectivity index (χ0n) is 7.36. The van der Waals surface area contributed by atoms with E-state index in [4.69, 9.17) is 0 Å². The number of rotatable bonds is 6. The van der Waals surface area contributed by atoms with Crippen molar-refractivity contribution in [1.29, 1.82) is 0 Å². The SMILES string of the molecule is C=CC(=O)OCCS(=O)(=O)OCC. The molecule has 6 heteroatoms. The van der Waals surface area contributed by atoms with Crippen LogP contribution in [0.15, 0.2) is 12.7 Å². The molecule has 0 unspecified atom stereocenters. The van der Waals surface area contributed by atoms with Crippen molar-refractivity contribution in [2.45, 2.75) is 6.92 Å². The molecule has 76 valence electrons. The van der Waals surface area contributed by atoms with Crippen molar-refractivity contribution < 1.29 is 22.1 Å². The Bertz CT molecular complexity index is 267. The average molecular weight is 208 g/mol. The van der Waals surface area contributed by atoms with Gasteiger partial charge in [-0.05, 0) is 6.92 Å². The van der Waals surface area contributed by atoms with E-state index in [1.807, 2.05) is 0 Å². The van der Waals surface area contributed by atoms with E-state index in [1.165, 1.54) is 0 Å². The molecular weight excluding hydrogens is 196 g/mol. The number of carbonyl (C=O) groups excluding carboxylic acids is 1. The number of ether oxygens (including phenoxy) is 1. The molecule has 13 heavy (non-hydrogen) atoms. The lowest BCUT2D eigenvalue weighted by molar-refractivity contribution is -0.137. The molecule has 0 aliphatic carbocycles. The molecule has 0 aliphatic rings. The fraction of sp³-hybridized carbons (Fsp3) is 0.571. The maximum absolute atomic E-state index is 10.9. The normalized spacial score (nSPS) is 10.8. The number of esters is 1. The van der Waals surface area contributed by atoms with Crippen molar-refractivity contribution in [3.63, 3.8) is 0 Å². The standard InChI is InChI=1S/C7H12O5S/c1-3-7(8)11-5-6-13(9,10)12-4-2/h3H,1,4-6H2,2H3. The summed E-state index contributed by atoms with van der Waals surface area (Å²) in [7, 11) is -3.55. The highest BCUT2D eigenvalue weighted by Gasteiger charge is 2.10. The first-order valence-electron chi connectivity index (χ1n) is 3.68. The molecule has 0 spiro atoms. The van der Waals surface area contributed by atoms with Gasteiger partial charge in [0.05, 0.1) is 6.61 Å². The van der Waals surface area contributed by atoms with Gasteiger partial charge in [-0.1, -0.05) is 6.58 Å². The highest BCUT2D eigenvalue weighted by atomic mass is 32.2. The smallest absolute Gasteiger partial charge is 0.330 e. The van der Waals surface area contributed by atoms with Crippen LogP contribution in [0.25, 0.3) is 0 Å². The van der Waals surface area contributed by atoms with Gasteiger partial charge >= 0.3 is 5.97 Å². The van der Waals surface area contributed by atoms with E-state index in [-0.39, 0.29) is 19.0 Å². The first kappa shape index (κ1) is 12.1. The molecule has 0 heterocycles. The highest BCUT2D eigenvalue weighted by Crippen LogP contribution is 1.93. The summed E-state index contributed by atoms with van der Waals surface area (Å²) in [6.07, 6.45) is 0.966. The van der Waals surface area contributed by atoms with Crippen molar-refractivity contribution in [3.8, 4) is 0 Å². The van der Waals surface area contributed by atoms with E-state index in [0.717, 1.165) is 6.08 Å². The molecule has 0 saturated heterocycles. The highest BCUT2D eigenvalue weighted by molar-refractivity contribution is 7.86. The van der Waals surface area contributed by atoms with Gasteiger partial charge in [-0.3, -0.25) is 4.18 Å². The van der Waals surface area contributed by atoms with Crippen LogP contribution in [0.2, 0.25) is 0 Å². The van der Waals surface area contributed by atoms with Crippen LogP contribution in [0.4, 0.5) is 0 Å². The summed E-state index contributed by atoms with van der Waals surface area (Å²) < 4.78 is 30.6. The van der Waals surface area contributed by atoms with Crippen molar-refractivity contribution in [3.05, 3.63) is 12.7 Å². The molecule has 0 N–H and O–H groups in total. The third-order valence-corrected chi connectivity index (χ3v) is 2.30. The summed E-state index contributed by atoms with van der Waals surface area (Å²) >= 11 is 0. The van der Waals surface area contributed by atoms with Gasteiger partial charge in [0.15, 0.2) is 0 Å².